The third-order valence-corrected chi connectivity index (χ3v) is 3.79. The Morgan fingerprint density at radius 1 is 1.27 bits per heavy atom. The van der Waals surface area contributed by atoms with Crippen LogP contribution >= 0.6 is 0 Å². The SMILES string of the molecule is COC(=O)c1ccnc2cc(C(C)(O)c3ccccc3)[nH]c12. The molecule has 5 heteroatoms. The minimum absolute atomic E-state index is 0.391. The number of rotatable bonds is 3. The van der Waals surface area contributed by atoms with Crippen LogP contribution in [0.1, 0.15) is 28.5 Å². The Morgan fingerprint density at radius 3 is 2.68 bits per heavy atom. The molecule has 0 spiro atoms. The van der Waals surface area contributed by atoms with Gasteiger partial charge < -0.3 is 14.8 Å². The number of hydrogen-bond donors (Lipinski definition) is 2. The summed E-state index contributed by atoms with van der Waals surface area (Å²) in [6, 6.07) is 12.7. The van der Waals surface area contributed by atoms with Gasteiger partial charge in [-0.1, -0.05) is 30.3 Å². The lowest BCUT2D eigenvalue weighted by Crippen LogP contribution is -2.23. The summed E-state index contributed by atoms with van der Waals surface area (Å²) >= 11 is 0. The lowest BCUT2D eigenvalue weighted by atomic mass is 9.93. The first-order valence-corrected chi connectivity index (χ1v) is 6.88. The maximum atomic E-state index is 11.8. The molecule has 1 aromatic carbocycles. The quantitative estimate of drug-likeness (QED) is 0.728. The van der Waals surface area contributed by atoms with E-state index in [1.54, 1.807) is 25.3 Å². The van der Waals surface area contributed by atoms with Gasteiger partial charge in [0.25, 0.3) is 0 Å². The van der Waals surface area contributed by atoms with Gasteiger partial charge in [-0.25, -0.2) is 4.79 Å². The monoisotopic (exact) mass is 296 g/mol. The molecule has 0 bridgehead atoms. The number of aromatic nitrogens is 2. The number of benzene rings is 1. The minimum atomic E-state index is -1.21. The number of pyridine rings is 1. The van der Waals surface area contributed by atoms with Gasteiger partial charge in [-0.2, -0.15) is 0 Å². The molecule has 2 N–H and O–H groups in total. The molecule has 2 heterocycles. The predicted octanol–water partition coefficient (Wildman–Crippen LogP) is 2.61. The molecule has 1 unspecified atom stereocenters. The van der Waals surface area contributed by atoms with E-state index in [0.29, 0.717) is 22.3 Å². The summed E-state index contributed by atoms with van der Waals surface area (Å²) in [5, 5.41) is 10.9. The van der Waals surface area contributed by atoms with Crippen LogP contribution in [0.25, 0.3) is 11.0 Å². The van der Waals surface area contributed by atoms with Crippen LogP contribution in [0.5, 0.6) is 0 Å². The van der Waals surface area contributed by atoms with Gasteiger partial charge in [-0.05, 0) is 24.6 Å². The minimum Gasteiger partial charge on any atom is -0.465 e. The first kappa shape index (κ1) is 14.3. The van der Waals surface area contributed by atoms with Crippen LogP contribution in [-0.4, -0.2) is 28.2 Å². The van der Waals surface area contributed by atoms with Gasteiger partial charge >= 0.3 is 5.97 Å². The summed E-state index contributed by atoms with van der Waals surface area (Å²) in [5.41, 5.74) is 1.66. The number of carbonyl (C=O) groups excluding carboxylic acids is 1. The van der Waals surface area contributed by atoms with Crippen molar-refractivity contribution >= 4 is 17.0 Å². The predicted molar refractivity (Wildman–Crippen MR) is 82.5 cm³/mol. The lowest BCUT2D eigenvalue weighted by Gasteiger charge is -2.22. The van der Waals surface area contributed by atoms with Crippen LogP contribution in [0, 0.1) is 0 Å². The number of carbonyl (C=O) groups is 1. The molecule has 0 radical (unpaired) electrons. The molecular weight excluding hydrogens is 280 g/mol. The van der Waals surface area contributed by atoms with E-state index in [4.69, 9.17) is 4.74 Å². The molecule has 0 aliphatic carbocycles. The smallest absolute Gasteiger partial charge is 0.340 e. The van der Waals surface area contributed by atoms with Crippen molar-refractivity contribution in [2.75, 3.05) is 7.11 Å². The maximum absolute atomic E-state index is 11.8. The number of aliphatic hydroxyl groups is 1. The Balaban J connectivity index is 2.15. The van der Waals surface area contributed by atoms with E-state index in [1.807, 2.05) is 30.3 Å². The van der Waals surface area contributed by atoms with Crippen LogP contribution < -0.4 is 0 Å². The van der Waals surface area contributed by atoms with Gasteiger partial charge in [0, 0.05) is 6.20 Å². The van der Waals surface area contributed by atoms with Crippen molar-refractivity contribution in [1.29, 1.82) is 0 Å². The van der Waals surface area contributed by atoms with Crippen molar-refractivity contribution in [1.82, 2.24) is 9.97 Å². The molecule has 0 saturated heterocycles. The molecule has 5 nitrogen and oxygen atoms in total. The number of hydrogen-bond acceptors (Lipinski definition) is 4. The van der Waals surface area contributed by atoms with Crippen LogP contribution in [0.2, 0.25) is 0 Å². The second-order valence-electron chi connectivity index (χ2n) is 5.23. The van der Waals surface area contributed by atoms with Crippen LogP contribution in [0.4, 0.5) is 0 Å². The Hall–Kier alpha value is -2.66. The van der Waals surface area contributed by atoms with Crippen LogP contribution in [0.3, 0.4) is 0 Å². The highest BCUT2D eigenvalue weighted by atomic mass is 16.5. The normalized spacial score (nSPS) is 13.8. The molecule has 1 atom stereocenters. The van der Waals surface area contributed by atoms with E-state index < -0.39 is 11.6 Å². The van der Waals surface area contributed by atoms with E-state index in [-0.39, 0.29) is 0 Å². The highest BCUT2D eigenvalue weighted by Gasteiger charge is 2.28. The van der Waals surface area contributed by atoms with E-state index in [9.17, 15) is 9.90 Å². The zero-order valence-electron chi connectivity index (χ0n) is 12.3. The molecular formula is C17H16N2O3. The first-order valence-electron chi connectivity index (χ1n) is 6.88. The standard InChI is InChI=1S/C17H16N2O3/c1-17(21,11-6-4-3-5-7-11)14-10-13-15(19-14)12(8-9-18-13)16(20)22-2/h3-10,19,21H,1-2H3. The number of nitrogens with zero attached hydrogens (tertiary/aromatic N) is 1. The lowest BCUT2D eigenvalue weighted by molar-refractivity contribution is 0.0602. The highest BCUT2D eigenvalue weighted by molar-refractivity contribution is 6.01. The van der Waals surface area contributed by atoms with Crippen LogP contribution in [0.15, 0.2) is 48.7 Å². The van der Waals surface area contributed by atoms with Gasteiger partial charge in [0.15, 0.2) is 0 Å². The van der Waals surface area contributed by atoms with Crippen molar-refractivity contribution in [3.63, 3.8) is 0 Å². The molecule has 22 heavy (non-hydrogen) atoms. The number of methoxy groups -OCH3 is 1. The molecule has 3 aromatic rings. The summed E-state index contributed by atoms with van der Waals surface area (Å²) in [5.74, 6) is -0.444. The van der Waals surface area contributed by atoms with Crippen molar-refractivity contribution in [2.24, 2.45) is 0 Å². The van der Waals surface area contributed by atoms with Crippen molar-refractivity contribution < 1.29 is 14.6 Å². The third kappa shape index (κ3) is 2.25. The molecule has 3 rings (SSSR count). The Labute approximate surface area is 127 Å². The summed E-state index contributed by atoms with van der Waals surface area (Å²) in [4.78, 5) is 19.2. The number of H-pyrrole nitrogens is 1. The fourth-order valence-corrected chi connectivity index (χ4v) is 2.49. The number of nitrogens with one attached hydrogen (secondary N) is 1. The molecule has 2 aromatic heterocycles. The molecule has 112 valence electrons. The Kier molecular flexibility index (Phi) is 3.42. The fraction of sp³-hybridized carbons (Fsp3) is 0.176. The van der Waals surface area contributed by atoms with Gasteiger partial charge in [0.05, 0.1) is 29.4 Å². The summed E-state index contributed by atoms with van der Waals surface area (Å²) < 4.78 is 4.77. The van der Waals surface area contributed by atoms with Gasteiger partial charge in [-0.3, -0.25) is 4.98 Å². The molecule has 0 aliphatic rings. The molecule has 0 amide bonds. The summed E-state index contributed by atoms with van der Waals surface area (Å²) in [6.45, 7) is 1.70. The molecule has 0 fully saturated rings. The highest BCUT2D eigenvalue weighted by Crippen LogP contribution is 2.31. The second kappa shape index (κ2) is 5.27. The van der Waals surface area contributed by atoms with Crippen molar-refractivity contribution in [3.05, 3.63) is 65.5 Å². The van der Waals surface area contributed by atoms with E-state index in [1.165, 1.54) is 7.11 Å². The van der Waals surface area contributed by atoms with Crippen molar-refractivity contribution in [2.45, 2.75) is 12.5 Å². The van der Waals surface area contributed by atoms with E-state index in [2.05, 4.69) is 9.97 Å². The van der Waals surface area contributed by atoms with Crippen molar-refractivity contribution in [3.8, 4) is 0 Å². The van der Waals surface area contributed by atoms with Gasteiger partial charge in [0.2, 0.25) is 0 Å². The zero-order valence-corrected chi connectivity index (χ0v) is 12.3. The number of aromatic amines is 1. The zero-order chi connectivity index (χ0) is 15.7. The average Bonchev–Trinajstić information content (AvgIpc) is 2.99. The van der Waals surface area contributed by atoms with Crippen LogP contribution in [-0.2, 0) is 10.3 Å². The molecule has 0 saturated carbocycles. The van der Waals surface area contributed by atoms with E-state index >= 15 is 0 Å². The van der Waals surface area contributed by atoms with Gasteiger partial charge in [0.1, 0.15) is 5.60 Å². The number of ether oxygens (including phenoxy) is 1. The second-order valence-corrected chi connectivity index (χ2v) is 5.23. The van der Waals surface area contributed by atoms with E-state index in [0.717, 1.165) is 5.56 Å². The fourth-order valence-electron chi connectivity index (χ4n) is 2.49. The first-order chi connectivity index (χ1) is 10.5. The summed E-state index contributed by atoms with van der Waals surface area (Å²) in [7, 11) is 1.33. The van der Waals surface area contributed by atoms with Gasteiger partial charge in [-0.15, -0.1) is 0 Å². The molecule has 0 aliphatic heterocycles. The Morgan fingerprint density at radius 2 is 2.00 bits per heavy atom. The summed E-state index contributed by atoms with van der Waals surface area (Å²) in [6.07, 6.45) is 1.55. The average molecular weight is 296 g/mol. The number of fused-ring (bicyclic) bond motifs is 1. The third-order valence-electron chi connectivity index (χ3n) is 3.79. The Bertz CT molecular complexity index is 822. The maximum Gasteiger partial charge on any atom is 0.340 e. The topological polar surface area (TPSA) is 75.2 Å². The largest absolute Gasteiger partial charge is 0.465 e. The number of esters is 1.